The Balaban J connectivity index is 1.79. The third kappa shape index (κ3) is 4.59. The molecule has 2 aromatic rings. The predicted molar refractivity (Wildman–Crippen MR) is 78.7 cm³/mol. The highest BCUT2D eigenvalue weighted by Gasteiger charge is 2.08. The Morgan fingerprint density at radius 3 is 2.59 bits per heavy atom. The second kappa shape index (κ2) is 7.21. The molecule has 0 radical (unpaired) electrons. The van der Waals surface area contributed by atoms with Crippen LogP contribution in [-0.2, 0) is 4.79 Å². The van der Waals surface area contributed by atoms with Crippen LogP contribution in [0, 0.1) is 12.7 Å². The van der Waals surface area contributed by atoms with E-state index in [-0.39, 0.29) is 12.2 Å². The van der Waals surface area contributed by atoms with Gasteiger partial charge in [-0.15, -0.1) is 0 Å². The van der Waals surface area contributed by atoms with Crippen LogP contribution in [0.4, 0.5) is 4.39 Å². The maximum Gasteiger partial charge on any atom is 0.276 e. The summed E-state index contributed by atoms with van der Waals surface area (Å²) in [6, 6.07) is 12.4. The van der Waals surface area contributed by atoms with Gasteiger partial charge in [-0.1, -0.05) is 18.2 Å². The molecule has 2 N–H and O–H groups in total. The van der Waals surface area contributed by atoms with Crippen molar-refractivity contribution >= 4 is 11.8 Å². The molecule has 0 spiro atoms. The van der Waals surface area contributed by atoms with Crippen molar-refractivity contribution in [3.63, 3.8) is 0 Å². The molecule has 0 heterocycles. The normalized spacial score (nSPS) is 9.91. The standard InChI is InChI=1S/C16H15FN2O3/c1-11-4-2-7-14(8-11)22-10-15(20)18-19-16(21)12-5-3-6-13(17)9-12/h2-9H,10H2,1H3,(H,18,20)(H,19,21). The summed E-state index contributed by atoms with van der Waals surface area (Å²) in [5, 5.41) is 0. The smallest absolute Gasteiger partial charge is 0.276 e. The topological polar surface area (TPSA) is 67.4 Å². The number of benzene rings is 2. The van der Waals surface area contributed by atoms with Crippen molar-refractivity contribution in [3.8, 4) is 5.75 Å². The Labute approximate surface area is 127 Å². The SMILES string of the molecule is Cc1cccc(OCC(=O)NNC(=O)c2cccc(F)c2)c1. The molecule has 0 atom stereocenters. The Bertz CT molecular complexity index is 689. The monoisotopic (exact) mass is 302 g/mol. The van der Waals surface area contributed by atoms with Crippen LogP contribution in [0.3, 0.4) is 0 Å². The minimum absolute atomic E-state index is 0.111. The van der Waals surface area contributed by atoms with Crippen molar-refractivity contribution in [2.45, 2.75) is 6.92 Å². The third-order valence-electron chi connectivity index (χ3n) is 2.76. The van der Waals surface area contributed by atoms with Gasteiger partial charge in [-0.05, 0) is 42.8 Å². The fraction of sp³-hybridized carbons (Fsp3) is 0.125. The Kier molecular flexibility index (Phi) is 5.08. The highest BCUT2D eigenvalue weighted by molar-refractivity contribution is 5.95. The Morgan fingerprint density at radius 1 is 1.09 bits per heavy atom. The number of carbonyl (C=O) groups excluding carboxylic acids is 2. The number of aryl methyl sites for hydroxylation is 1. The van der Waals surface area contributed by atoms with E-state index >= 15 is 0 Å². The number of ether oxygens (including phenoxy) is 1. The number of amides is 2. The summed E-state index contributed by atoms with van der Waals surface area (Å²) in [5.41, 5.74) is 5.51. The predicted octanol–water partition coefficient (Wildman–Crippen LogP) is 1.97. The van der Waals surface area contributed by atoms with E-state index in [1.807, 2.05) is 19.1 Å². The van der Waals surface area contributed by atoms with E-state index in [2.05, 4.69) is 10.9 Å². The lowest BCUT2D eigenvalue weighted by molar-refractivity contribution is -0.123. The Hall–Kier alpha value is -2.89. The number of hydrogen-bond donors (Lipinski definition) is 2. The zero-order valence-electron chi connectivity index (χ0n) is 11.9. The van der Waals surface area contributed by atoms with Gasteiger partial charge < -0.3 is 4.74 Å². The molecule has 0 aliphatic rings. The van der Waals surface area contributed by atoms with Crippen molar-refractivity contribution in [2.24, 2.45) is 0 Å². The van der Waals surface area contributed by atoms with Gasteiger partial charge in [-0.2, -0.15) is 0 Å². The molecule has 0 fully saturated rings. The van der Waals surface area contributed by atoms with E-state index in [0.29, 0.717) is 5.75 Å². The van der Waals surface area contributed by atoms with E-state index in [9.17, 15) is 14.0 Å². The van der Waals surface area contributed by atoms with Gasteiger partial charge in [-0.3, -0.25) is 20.4 Å². The molecular weight excluding hydrogens is 287 g/mol. The van der Waals surface area contributed by atoms with Crippen LogP contribution in [0.25, 0.3) is 0 Å². The molecule has 0 aliphatic heterocycles. The first-order valence-corrected chi connectivity index (χ1v) is 6.59. The summed E-state index contributed by atoms with van der Waals surface area (Å²) in [5.74, 6) is -1.09. The summed E-state index contributed by atoms with van der Waals surface area (Å²) in [4.78, 5) is 23.3. The number of rotatable bonds is 4. The van der Waals surface area contributed by atoms with Crippen LogP contribution >= 0.6 is 0 Å². The van der Waals surface area contributed by atoms with Crippen LogP contribution in [0.2, 0.25) is 0 Å². The molecule has 5 nitrogen and oxygen atoms in total. The molecule has 0 unspecified atom stereocenters. The zero-order valence-corrected chi connectivity index (χ0v) is 11.9. The van der Waals surface area contributed by atoms with Gasteiger partial charge in [0.15, 0.2) is 6.61 Å². The maximum absolute atomic E-state index is 13.0. The summed E-state index contributed by atoms with van der Waals surface area (Å²) >= 11 is 0. The number of hydrazine groups is 1. The lowest BCUT2D eigenvalue weighted by Gasteiger charge is -2.09. The van der Waals surface area contributed by atoms with E-state index in [1.54, 1.807) is 12.1 Å². The number of carbonyl (C=O) groups is 2. The number of nitrogens with one attached hydrogen (secondary N) is 2. The van der Waals surface area contributed by atoms with Gasteiger partial charge in [-0.25, -0.2) is 4.39 Å². The third-order valence-corrected chi connectivity index (χ3v) is 2.76. The molecule has 2 amide bonds. The van der Waals surface area contributed by atoms with Crippen LogP contribution in [0.15, 0.2) is 48.5 Å². The molecule has 2 aromatic carbocycles. The van der Waals surface area contributed by atoms with Crippen molar-refractivity contribution < 1.29 is 18.7 Å². The molecule has 0 aromatic heterocycles. The minimum Gasteiger partial charge on any atom is -0.484 e. The maximum atomic E-state index is 13.0. The van der Waals surface area contributed by atoms with Crippen LogP contribution in [-0.4, -0.2) is 18.4 Å². The van der Waals surface area contributed by atoms with Gasteiger partial charge in [0.05, 0.1) is 0 Å². The first-order chi connectivity index (χ1) is 10.5. The number of hydrogen-bond acceptors (Lipinski definition) is 3. The molecular formula is C16H15FN2O3. The van der Waals surface area contributed by atoms with E-state index in [4.69, 9.17) is 4.74 Å². The van der Waals surface area contributed by atoms with Crippen LogP contribution < -0.4 is 15.6 Å². The van der Waals surface area contributed by atoms with Gasteiger partial charge >= 0.3 is 0 Å². The van der Waals surface area contributed by atoms with Gasteiger partial charge in [0.1, 0.15) is 11.6 Å². The second-order valence-corrected chi connectivity index (χ2v) is 4.62. The highest BCUT2D eigenvalue weighted by Crippen LogP contribution is 2.11. The van der Waals surface area contributed by atoms with Crippen molar-refractivity contribution in [2.75, 3.05) is 6.61 Å². The van der Waals surface area contributed by atoms with E-state index in [1.165, 1.54) is 18.2 Å². The van der Waals surface area contributed by atoms with Gasteiger partial charge in [0, 0.05) is 5.56 Å². The van der Waals surface area contributed by atoms with Crippen LogP contribution in [0.1, 0.15) is 15.9 Å². The first-order valence-electron chi connectivity index (χ1n) is 6.59. The fourth-order valence-electron chi connectivity index (χ4n) is 1.72. The van der Waals surface area contributed by atoms with E-state index < -0.39 is 17.6 Å². The second-order valence-electron chi connectivity index (χ2n) is 4.62. The quantitative estimate of drug-likeness (QED) is 0.849. The summed E-state index contributed by atoms with van der Waals surface area (Å²) in [6.45, 7) is 1.67. The van der Waals surface area contributed by atoms with E-state index in [0.717, 1.165) is 11.6 Å². The minimum atomic E-state index is -0.608. The average molecular weight is 302 g/mol. The fourth-order valence-corrected chi connectivity index (χ4v) is 1.72. The summed E-state index contributed by atoms with van der Waals surface area (Å²) < 4.78 is 18.3. The van der Waals surface area contributed by atoms with Crippen molar-refractivity contribution in [1.29, 1.82) is 0 Å². The highest BCUT2D eigenvalue weighted by atomic mass is 19.1. The molecule has 0 bridgehead atoms. The van der Waals surface area contributed by atoms with Gasteiger partial charge in [0.25, 0.3) is 11.8 Å². The van der Waals surface area contributed by atoms with Crippen molar-refractivity contribution in [3.05, 3.63) is 65.5 Å². The molecule has 2 rings (SSSR count). The van der Waals surface area contributed by atoms with Crippen molar-refractivity contribution in [1.82, 2.24) is 10.9 Å². The molecule has 22 heavy (non-hydrogen) atoms. The Morgan fingerprint density at radius 2 is 1.86 bits per heavy atom. The molecule has 0 saturated carbocycles. The molecule has 6 heteroatoms. The zero-order chi connectivity index (χ0) is 15.9. The lowest BCUT2D eigenvalue weighted by atomic mass is 10.2. The lowest BCUT2D eigenvalue weighted by Crippen LogP contribution is -2.43. The average Bonchev–Trinajstić information content (AvgIpc) is 2.50. The van der Waals surface area contributed by atoms with Crippen LogP contribution in [0.5, 0.6) is 5.75 Å². The van der Waals surface area contributed by atoms with Gasteiger partial charge in [0.2, 0.25) is 0 Å². The molecule has 0 saturated heterocycles. The summed E-state index contributed by atoms with van der Waals surface area (Å²) in [6.07, 6.45) is 0. The largest absolute Gasteiger partial charge is 0.484 e. The summed E-state index contributed by atoms with van der Waals surface area (Å²) in [7, 11) is 0. The molecule has 0 aliphatic carbocycles. The molecule has 114 valence electrons. The number of halogens is 1. The first kappa shape index (κ1) is 15.5.